The number of ketones is 1. The van der Waals surface area contributed by atoms with E-state index < -0.39 is 108 Å². The van der Waals surface area contributed by atoms with Gasteiger partial charge in [0.1, 0.15) is 23.6 Å². The van der Waals surface area contributed by atoms with Crippen LogP contribution in [0.15, 0.2) is 12.3 Å². The number of hydrogen-bond donors (Lipinski definition) is 4. The van der Waals surface area contributed by atoms with Crippen LogP contribution in [0, 0.1) is 23.7 Å². The molecule has 3 fully saturated rings. The average Bonchev–Trinajstić information content (AvgIpc) is 3.11. The lowest BCUT2D eigenvalue weighted by atomic mass is 9.74. The number of ether oxygens (including phenoxy) is 7. The fourth-order valence-corrected chi connectivity index (χ4v) is 8.80. The maximum absolute atomic E-state index is 14.2. The van der Waals surface area contributed by atoms with Crippen molar-refractivity contribution in [1.82, 2.24) is 4.90 Å². The first-order valence-electron chi connectivity index (χ1n) is 20.1. The number of rotatable bonds is 10. The SMILES string of the molecule is C=C(CC)O[C@H]1[C@H](O[C@@H]2[C@@H](C)C(O[C@H]3C[C@@](C)(OC)[C@@H](O)[C@H](C)O3)[C@@H](C)C(=O)O[C@H](CC)[C@@](C)(O)[C@H](O)[C@@H](C)C(=O)[C@H](C)C[C@@]2(C)O)O[C@H](C)C[C@@H]1N(C)C.O. The smallest absolute Gasteiger partial charge is 0.311 e. The molecule has 0 bridgehead atoms. The summed E-state index contributed by atoms with van der Waals surface area (Å²) in [4.78, 5) is 30.2. The van der Waals surface area contributed by atoms with Crippen molar-refractivity contribution in [3.8, 4) is 0 Å². The molecule has 0 aromatic carbocycles. The quantitative estimate of drug-likeness (QED) is 0.185. The van der Waals surface area contributed by atoms with E-state index in [1.54, 1.807) is 48.5 Å². The number of Topliss-reactive ketones (excluding diaryl/α,β-unsaturated/α-hetero) is 1. The molecule has 3 aliphatic heterocycles. The Labute approximate surface area is 334 Å². The number of nitrogens with zero attached hydrogens (tertiary/aromatic N) is 1. The number of aliphatic hydroxyl groups excluding tert-OH is 2. The van der Waals surface area contributed by atoms with E-state index in [1.165, 1.54) is 21.0 Å². The number of carbonyl (C=O) groups is 2. The zero-order valence-electron chi connectivity index (χ0n) is 36.3. The molecule has 1 unspecified atom stereocenters. The van der Waals surface area contributed by atoms with Gasteiger partial charge in [-0.15, -0.1) is 0 Å². The molecule has 3 rings (SSSR count). The molecule has 0 saturated carbocycles. The van der Waals surface area contributed by atoms with Crippen LogP contribution in [0.1, 0.15) is 108 Å². The Kier molecular flexibility index (Phi) is 18.0. The van der Waals surface area contributed by atoms with Crippen LogP contribution in [-0.2, 0) is 42.7 Å². The predicted molar refractivity (Wildman–Crippen MR) is 208 cm³/mol. The van der Waals surface area contributed by atoms with Crippen molar-refractivity contribution in [1.29, 1.82) is 0 Å². The summed E-state index contributed by atoms with van der Waals surface area (Å²) in [5, 5.41) is 46.7. The molecule has 15 nitrogen and oxygen atoms in total. The lowest BCUT2D eigenvalue weighted by molar-refractivity contribution is -0.319. The van der Waals surface area contributed by atoms with Gasteiger partial charge >= 0.3 is 5.97 Å². The first-order valence-corrected chi connectivity index (χ1v) is 20.1. The Balaban J connectivity index is 0.0000108. The number of hydrogen-bond acceptors (Lipinski definition) is 14. The zero-order valence-corrected chi connectivity index (χ0v) is 36.3. The van der Waals surface area contributed by atoms with Crippen LogP contribution >= 0.6 is 0 Å². The van der Waals surface area contributed by atoms with Gasteiger partial charge in [-0.1, -0.05) is 41.2 Å². The Bertz CT molecular complexity index is 1290. The van der Waals surface area contributed by atoms with E-state index in [4.69, 9.17) is 33.2 Å². The van der Waals surface area contributed by atoms with Gasteiger partial charge in [-0.25, -0.2) is 0 Å². The van der Waals surface area contributed by atoms with Crippen molar-refractivity contribution in [3.05, 3.63) is 12.3 Å². The fourth-order valence-electron chi connectivity index (χ4n) is 8.80. The highest BCUT2D eigenvalue weighted by Crippen LogP contribution is 2.41. The van der Waals surface area contributed by atoms with Crippen LogP contribution in [0.5, 0.6) is 0 Å². The monoisotopic (exact) mass is 806 g/mol. The van der Waals surface area contributed by atoms with Gasteiger partial charge in [0.2, 0.25) is 0 Å². The van der Waals surface area contributed by atoms with Gasteiger partial charge in [-0.2, -0.15) is 0 Å². The molecule has 0 spiro atoms. The summed E-state index contributed by atoms with van der Waals surface area (Å²) in [7, 11) is 5.39. The Hall–Kier alpha value is -1.76. The maximum atomic E-state index is 14.2. The maximum Gasteiger partial charge on any atom is 0.311 e. The molecule has 328 valence electrons. The molecule has 0 amide bonds. The van der Waals surface area contributed by atoms with E-state index in [1.807, 2.05) is 32.8 Å². The van der Waals surface area contributed by atoms with Crippen molar-refractivity contribution < 1.29 is 68.6 Å². The minimum Gasteiger partial charge on any atom is -0.488 e. The van der Waals surface area contributed by atoms with Crippen LogP contribution in [0.2, 0.25) is 0 Å². The van der Waals surface area contributed by atoms with Crippen molar-refractivity contribution in [2.45, 2.75) is 193 Å². The van der Waals surface area contributed by atoms with Gasteiger partial charge in [-0.3, -0.25) is 9.59 Å². The van der Waals surface area contributed by atoms with E-state index >= 15 is 0 Å². The molecular formula is C41H75NO14. The molecule has 0 radical (unpaired) electrons. The van der Waals surface area contributed by atoms with Crippen LogP contribution < -0.4 is 0 Å². The number of likely N-dealkylation sites (N-methyl/N-ethyl adjacent to an activating group) is 1. The lowest BCUT2D eigenvalue weighted by Crippen LogP contribution is -2.61. The van der Waals surface area contributed by atoms with Crippen molar-refractivity contribution in [3.63, 3.8) is 0 Å². The highest BCUT2D eigenvalue weighted by atomic mass is 16.7. The number of cyclic esters (lactones) is 1. The largest absolute Gasteiger partial charge is 0.488 e. The van der Waals surface area contributed by atoms with E-state index in [2.05, 4.69) is 6.58 Å². The Morgan fingerprint density at radius 2 is 1.52 bits per heavy atom. The Morgan fingerprint density at radius 1 is 0.911 bits per heavy atom. The summed E-state index contributed by atoms with van der Waals surface area (Å²) in [6, 6.07) is -0.159. The molecule has 0 aliphatic carbocycles. The molecular weight excluding hydrogens is 730 g/mol. The summed E-state index contributed by atoms with van der Waals surface area (Å²) in [5.74, 6) is -4.35. The van der Waals surface area contributed by atoms with Crippen molar-refractivity contribution in [2.75, 3.05) is 21.2 Å². The van der Waals surface area contributed by atoms with Crippen molar-refractivity contribution in [2.24, 2.45) is 23.7 Å². The van der Waals surface area contributed by atoms with E-state index in [9.17, 15) is 30.0 Å². The normalized spacial score (nSPS) is 46.0. The zero-order chi connectivity index (χ0) is 42.0. The number of carbonyl (C=O) groups excluding carboxylic acids is 2. The first kappa shape index (κ1) is 50.4. The summed E-state index contributed by atoms with van der Waals surface area (Å²) in [5.41, 5.74) is -4.82. The summed E-state index contributed by atoms with van der Waals surface area (Å²) < 4.78 is 44.4. The number of methoxy groups -OCH3 is 1. The van der Waals surface area contributed by atoms with Crippen LogP contribution in [0.3, 0.4) is 0 Å². The van der Waals surface area contributed by atoms with Crippen LogP contribution in [-0.4, -0.2) is 148 Å². The molecule has 6 N–H and O–H groups in total. The second kappa shape index (κ2) is 20.0. The summed E-state index contributed by atoms with van der Waals surface area (Å²) in [6.07, 6.45) is -8.28. The second-order valence-corrected chi connectivity index (χ2v) is 17.5. The third kappa shape index (κ3) is 11.1. The van der Waals surface area contributed by atoms with Gasteiger partial charge in [0.25, 0.3) is 0 Å². The number of aliphatic hydroxyl groups is 4. The van der Waals surface area contributed by atoms with Crippen molar-refractivity contribution >= 4 is 11.8 Å². The molecule has 56 heavy (non-hydrogen) atoms. The number of esters is 1. The Morgan fingerprint density at radius 3 is 2.05 bits per heavy atom. The first-order chi connectivity index (χ1) is 25.4. The standard InChI is InChI=1S/C41H73NO13.H2O/c1-16-22(4)50-33-28(42(13)14)18-23(5)51-38(33)55-36-25(7)32(54-30-20-40(11,49-15)35(45)27(9)52-30)26(8)37(46)53-29(17-2)41(12,48)34(44)24(6)31(43)21(3)19-39(36,10)47;/h21,23-30,32-36,38,44-45,47-48H,4,16-20H2,1-3,5-15H3;1H2/t21-,23-,24+,25+,26-,27+,28+,29-,30+,32?,33-,34-,35+,36-,38+,39-,40-,41-;/m1./s1. The van der Waals surface area contributed by atoms with E-state index in [-0.39, 0.29) is 36.9 Å². The van der Waals surface area contributed by atoms with Gasteiger partial charge in [-0.05, 0) is 74.9 Å². The van der Waals surface area contributed by atoms with Crippen LogP contribution in [0.25, 0.3) is 0 Å². The minimum absolute atomic E-state index is 0. The van der Waals surface area contributed by atoms with Gasteiger partial charge in [0.15, 0.2) is 18.7 Å². The molecule has 0 aromatic heterocycles. The topological polar surface area (TPSA) is 214 Å². The summed E-state index contributed by atoms with van der Waals surface area (Å²) >= 11 is 0. The van der Waals surface area contributed by atoms with Crippen LogP contribution in [0.4, 0.5) is 0 Å². The highest BCUT2D eigenvalue weighted by Gasteiger charge is 2.54. The van der Waals surface area contributed by atoms with Gasteiger partial charge in [0.05, 0.1) is 59.4 Å². The molecule has 3 heterocycles. The summed E-state index contributed by atoms with van der Waals surface area (Å²) in [6.45, 7) is 22.7. The fraction of sp³-hybridized carbons (Fsp3) is 0.902. The third-order valence-corrected chi connectivity index (χ3v) is 12.5. The second-order valence-electron chi connectivity index (χ2n) is 17.5. The van der Waals surface area contributed by atoms with Gasteiger partial charge in [0, 0.05) is 37.7 Å². The molecule has 18 atom stereocenters. The third-order valence-electron chi connectivity index (χ3n) is 12.5. The lowest BCUT2D eigenvalue weighted by Gasteiger charge is -2.49. The average molecular weight is 806 g/mol. The van der Waals surface area contributed by atoms with Gasteiger partial charge < -0.3 is 64.0 Å². The van der Waals surface area contributed by atoms with E-state index in [0.717, 1.165) is 0 Å². The molecule has 3 aliphatic rings. The highest BCUT2D eigenvalue weighted by molar-refractivity contribution is 5.83. The molecule has 3 saturated heterocycles. The molecule has 0 aromatic rings. The van der Waals surface area contributed by atoms with E-state index in [0.29, 0.717) is 18.6 Å². The molecule has 15 heteroatoms. The predicted octanol–water partition coefficient (Wildman–Crippen LogP) is 2.91. The number of allylic oxidation sites excluding steroid dienone is 1. The minimum atomic E-state index is -1.99.